The number of anilines is 1. The zero-order chi connectivity index (χ0) is 16.9. The van der Waals surface area contributed by atoms with Gasteiger partial charge in [0.05, 0.1) is 13.0 Å². The molecule has 0 spiro atoms. The molecule has 0 atom stereocenters. The monoisotopic (exact) mass is 337 g/mol. The number of halogens is 1. The number of hydrogen-bond acceptors (Lipinski definition) is 4. The molecule has 1 N–H and O–H groups in total. The predicted molar refractivity (Wildman–Crippen MR) is 84.0 cm³/mol. The highest BCUT2D eigenvalue weighted by molar-refractivity contribution is 7.92. The number of carbonyl (C=O) groups is 1. The quantitative estimate of drug-likeness (QED) is 0.823. The molecule has 2 aromatic rings. The van der Waals surface area contributed by atoms with Crippen molar-refractivity contribution >= 4 is 21.7 Å². The second-order valence-electron chi connectivity index (χ2n) is 4.71. The lowest BCUT2D eigenvalue weighted by Gasteiger charge is -2.09. The summed E-state index contributed by atoms with van der Waals surface area (Å²) in [5.41, 5.74) is 0.971. The Morgan fingerprint density at radius 3 is 2.39 bits per heavy atom. The van der Waals surface area contributed by atoms with Crippen LogP contribution >= 0.6 is 0 Å². The maximum absolute atomic E-state index is 13.6. The molecule has 0 fully saturated rings. The lowest BCUT2D eigenvalue weighted by atomic mass is 10.1. The molecule has 0 aromatic heterocycles. The van der Waals surface area contributed by atoms with Crippen LogP contribution in [0.4, 0.5) is 10.1 Å². The Balaban J connectivity index is 2.12. The zero-order valence-electron chi connectivity index (χ0n) is 12.5. The SMILES string of the molecule is CCOC(=O)Cc1ccc(NS(=O)(=O)c2ccccc2F)cc1. The van der Waals surface area contributed by atoms with Crippen LogP contribution in [0.25, 0.3) is 0 Å². The fourth-order valence-corrected chi connectivity index (χ4v) is 3.08. The van der Waals surface area contributed by atoms with E-state index in [4.69, 9.17) is 4.74 Å². The predicted octanol–water partition coefficient (Wildman–Crippen LogP) is 2.73. The van der Waals surface area contributed by atoms with Crippen molar-refractivity contribution in [3.05, 3.63) is 59.9 Å². The van der Waals surface area contributed by atoms with Crippen LogP contribution in [-0.2, 0) is 26.0 Å². The lowest BCUT2D eigenvalue weighted by molar-refractivity contribution is -0.142. The van der Waals surface area contributed by atoms with E-state index in [0.717, 1.165) is 6.07 Å². The van der Waals surface area contributed by atoms with Crippen molar-refractivity contribution in [2.75, 3.05) is 11.3 Å². The van der Waals surface area contributed by atoms with Crippen molar-refractivity contribution in [2.45, 2.75) is 18.2 Å². The first kappa shape index (κ1) is 17.0. The van der Waals surface area contributed by atoms with Crippen molar-refractivity contribution < 1.29 is 22.3 Å². The molecule has 0 aliphatic rings. The molecule has 0 radical (unpaired) electrons. The standard InChI is InChI=1S/C16H16FNO4S/c1-2-22-16(19)11-12-7-9-13(10-8-12)18-23(20,21)15-6-4-3-5-14(15)17/h3-10,18H,2,11H2,1H3. The number of rotatable bonds is 6. The minimum absolute atomic E-state index is 0.105. The second kappa shape index (κ2) is 7.23. The summed E-state index contributed by atoms with van der Waals surface area (Å²) < 4.78 is 45.0. The number of sulfonamides is 1. The van der Waals surface area contributed by atoms with Crippen molar-refractivity contribution in [1.29, 1.82) is 0 Å². The van der Waals surface area contributed by atoms with E-state index in [-0.39, 0.29) is 18.1 Å². The molecule has 0 saturated heterocycles. The van der Waals surface area contributed by atoms with Gasteiger partial charge in [-0.05, 0) is 36.8 Å². The van der Waals surface area contributed by atoms with Gasteiger partial charge >= 0.3 is 5.97 Å². The molecular formula is C16H16FNO4S. The van der Waals surface area contributed by atoms with E-state index in [2.05, 4.69) is 4.72 Å². The van der Waals surface area contributed by atoms with Gasteiger partial charge in [-0.15, -0.1) is 0 Å². The van der Waals surface area contributed by atoms with Crippen molar-refractivity contribution in [1.82, 2.24) is 0 Å². The van der Waals surface area contributed by atoms with Crippen molar-refractivity contribution in [2.24, 2.45) is 0 Å². The van der Waals surface area contributed by atoms with Crippen molar-refractivity contribution in [3.63, 3.8) is 0 Å². The van der Waals surface area contributed by atoms with E-state index in [9.17, 15) is 17.6 Å². The van der Waals surface area contributed by atoms with Gasteiger partial charge in [-0.2, -0.15) is 0 Å². The number of esters is 1. The highest BCUT2D eigenvalue weighted by atomic mass is 32.2. The fraction of sp³-hybridized carbons (Fsp3) is 0.188. The molecule has 0 aliphatic heterocycles. The van der Waals surface area contributed by atoms with Crippen LogP contribution in [0.1, 0.15) is 12.5 Å². The summed E-state index contributed by atoms with van der Waals surface area (Å²) in [5.74, 6) is -1.17. The van der Waals surface area contributed by atoms with Crippen LogP contribution in [0.15, 0.2) is 53.4 Å². The second-order valence-corrected chi connectivity index (χ2v) is 6.37. The minimum Gasteiger partial charge on any atom is -0.466 e. The Bertz CT molecular complexity index is 788. The third-order valence-electron chi connectivity index (χ3n) is 2.99. The van der Waals surface area contributed by atoms with Gasteiger partial charge in [0.1, 0.15) is 10.7 Å². The maximum Gasteiger partial charge on any atom is 0.310 e. The average molecular weight is 337 g/mol. The van der Waals surface area contributed by atoms with Gasteiger partial charge in [0.2, 0.25) is 0 Å². The molecule has 0 amide bonds. The zero-order valence-corrected chi connectivity index (χ0v) is 13.3. The van der Waals surface area contributed by atoms with Crippen LogP contribution in [0, 0.1) is 5.82 Å². The van der Waals surface area contributed by atoms with E-state index in [1.54, 1.807) is 19.1 Å². The number of benzene rings is 2. The van der Waals surface area contributed by atoms with E-state index in [1.807, 2.05) is 0 Å². The molecule has 5 nitrogen and oxygen atoms in total. The minimum atomic E-state index is -4.01. The summed E-state index contributed by atoms with van der Waals surface area (Å²) in [7, 11) is -4.01. The summed E-state index contributed by atoms with van der Waals surface area (Å²) >= 11 is 0. The third-order valence-corrected chi connectivity index (χ3v) is 4.40. The highest BCUT2D eigenvalue weighted by Crippen LogP contribution is 2.19. The Morgan fingerprint density at radius 2 is 1.78 bits per heavy atom. The molecule has 0 aliphatic carbocycles. The molecule has 7 heteroatoms. The first-order valence-electron chi connectivity index (χ1n) is 6.94. The smallest absolute Gasteiger partial charge is 0.310 e. The Hall–Kier alpha value is -2.41. The Morgan fingerprint density at radius 1 is 1.13 bits per heavy atom. The van der Waals surface area contributed by atoms with Gasteiger partial charge in [-0.25, -0.2) is 12.8 Å². The van der Waals surface area contributed by atoms with Gasteiger partial charge in [0, 0.05) is 5.69 Å². The van der Waals surface area contributed by atoms with Crippen LogP contribution in [0.5, 0.6) is 0 Å². The molecule has 122 valence electrons. The average Bonchev–Trinajstić information content (AvgIpc) is 2.49. The molecule has 23 heavy (non-hydrogen) atoms. The van der Waals surface area contributed by atoms with Gasteiger partial charge < -0.3 is 4.74 Å². The number of hydrogen-bond donors (Lipinski definition) is 1. The number of ether oxygens (including phenoxy) is 1. The summed E-state index contributed by atoms with van der Waals surface area (Å²) in [4.78, 5) is 11.0. The Labute approximate surface area is 134 Å². The molecule has 0 unspecified atom stereocenters. The molecule has 0 bridgehead atoms. The molecular weight excluding hydrogens is 321 g/mol. The summed E-state index contributed by atoms with van der Waals surface area (Å²) in [6, 6.07) is 11.4. The number of carbonyl (C=O) groups excluding carboxylic acids is 1. The third kappa shape index (κ3) is 4.53. The van der Waals surface area contributed by atoms with E-state index >= 15 is 0 Å². The lowest BCUT2D eigenvalue weighted by Crippen LogP contribution is -2.14. The van der Waals surface area contributed by atoms with E-state index in [1.165, 1.54) is 30.3 Å². The Kier molecular flexibility index (Phi) is 5.33. The highest BCUT2D eigenvalue weighted by Gasteiger charge is 2.18. The van der Waals surface area contributed by atoms with Crippen LogP contribution in [0.2, 0.25) is 0 Å². The normalized spacial score (nSPS) is 11.0. The molecule has 0 saturated carbocycles. The van der Waals surface area contributed by atoms with Crippen molar-refractivity contribution in [3.8, 4) is 0 Å². The van der Waals surface area contributed by atoms with E-state index < -0.39 is 20.7 Å². The van der Waals surface area contributed by atoms with Gasteiger partial charge in [-0.1, -0.05) is 24.3 Å². The summed E-state index contributed by atoms with van der Waals surface area (Å²) in [6.45, 7) is 2.03. The first-order valence-corrected chi connectivity index (χ1v) is 8.42. The maximum atomic E-state index is 13.6. The fourth-order valence-electron chi connectivity index (χ4n) is 1.94. The number of nitrogens with one attached hydrogen (secondary N) is 1. The summed E-state index contributed by atoms with van der Waals surface area (Å²) in [6.07, 6.45) is 0.105. The van der Waals surface area contributed by atoms with Gasteiger partial charge in [0.15, 0.2) is 0 Å². The summed E-state index contributed by atoms with van der Waals surface area (Å²) in [5, 5.41) is 0. The first-order chi connectivity index (χ1) is 10.9. The van der Waals surface area contributed by atoms with Crippen LogP contribution < -0.4 is 4.72 Å². The van der Waals surface area contributed by atoms with Crippen LogP contribution in [-0.4, -0.2) is 21.0 Å². The molecule has 2 rings (SSSR count). The van der Waals surface area contributed by atoms with Crippen LogP contribution in [0.3, 0.4) is 0 Å². The molecule has 0 heterocycles. The largest absolute Gasteiger partial charge is 0.466 e. The van der Waals surface area contributed by atoms with Gasteiger partial charge in [0.25, 0.3) is 10.0 Å². The molecule has 2 aromatic carbocycles. The topological polar surface area (TPSA) is 72.5 Å². The van der Waals surface area contributed by atoms with E-state index in [0.29, 0.717) is 12.2 Å². The van der Waals surface area contributed by atoms with Gasteiger partial charge in [-0.3, -0.25) is 9.52 Å².